The number of esters is 1. The minimum atomic E-state index is -3.62. The molecule has 0 aliphatic carbocycles. The topological polar surface area (TPSA) is 113 Å². The van der Waals surface area contributed by atoms with Gasteiger partial charge in [0.1, 0.15) is 6.54 Å². The number of anilines is 1. The summed E-state index contributed by atoms with van der Waals surface area (Å²) in [6.07, 6.45) is 0. The predicted octanol–water partition coefficient (Wildman–Crippen LogP) is 2.04. The van der Waals surface area contributed by atoms with E-state index in [2.05, 4.69) is 5.32 Å². The van der Waals surface area contributed by atoms with Crippen LogP contribution in [0.25, 0.3) is 0 Å². The number of amides is 2. The summed E-state index contributed by atoms with van der Waals surface area (Å²) in [5.41, 5.74) is 0.888. The molecule has 0 atom stereocenters. The van der Waals surface area contributed by atoms with Crippen LogP contribution in [0.1, 0.15) is 31.1 Å². The molecule has 2 rings (SSSR count). The number of benzene rings is 2. The van der Waals surface area contributed by atoms with E-state index in [1.807, 2.05) is 13.0 Å². The van der Waals surface area contributed by atoms with E-state index in [1.165, 1.54) is 33.5 Å². The number of para-hydroxylation sites is 1. The van der Waals surface area contributed by atoms with Crippen molar-refractivity contribution in [2.24, 2.45) is 0 Å². The van der Waals surface area contributed by atoms with Gasteiger partial charge in [-0.1, -0.05) is 32.0 Å². The SMILES string of the molecule is CCN(C(=O)COC(=O)CNC(=O)c1ccc(S(=O)(=O)N(CC)CC)cc1)c1ccccc1. The number of hydrogen-bond acceptors (Lipinski definition) is 6. The van der Waals surface area contributed by atoms with Crippen LogP contribution in [0.5, 0.6) is 0 Å². The lowest BCUT2D eigenvalue weighted by Gasteiger charge is -2.20. The van der Waals surface area contributed by atoms with Crippen molar-refractivity contribution >= 4 is 33.5 Å². The van der Waals surface area contributed by atoms with Crippen LogP contribution < -0.4 is 10.2 Å². The molecule has 0 fully saturated rings. The number of nitrogens with one attached hydrogen (secondary N) is 1. The molecule has 0 saturated carbocycles. The summed E-state index contributed by atoms with van der Waals surface area (Å²) in [7, 11) is -3.62. The number of nitrogens with zero attached hydrogens (tertiary/aromatic N) is 2. The zero-order valence-corrected chi connectivity index (χ0v) is 19.8. The van der Waals surface area contributed by atoms with Crippen LogP contribution in [-0.4, -0.2) is 63.3 Å². The van der Waals surface area contributed by atoms with Crippen LogP contribution in [0.3, 0.4) is 0 Å². The standard InChI is InChI=1S/C23H29N3O6S/c1-4-25(5-2)33(30,31)20-14-12-18(13-15-20)23(29)24-16-22(28)32-17-21(27)26(6-3)19-10-8-7-9-11-19/h7-15H,4-6,16-17H2,1-3H3,(H,24,29). The Morgan fingerprint density at radius 3 is 2.03 bits per heavy atom. The first-order valence-corrected chi connectivity index (χ1v) is 12.1. The van der Waals surface area contributed by atoms with Gasteiger partial charge in [-0.2, -0.15) is 4.31 Å². The van der Waals surface area contributed by atoms with Crippen molar-refractivity contribution in [1.29, 1.82) is 0 Å². The number of hydrogen-bond donors (Lipinski definition) is 1. The van der Waals surface area contributed by atoms with E-state index < -0.39 is 35.1 Å². The first-order chi connectivity index (χ1) is 15.7. The van der Waals surface area contributed by atoms with Gasteiger partial charge in [0.25, 0.3) is 11.8 Å². The second kappa shape index (κ2) is 12.1. The van der Waals surface area contributed by atoms with E-state index in [1.54, 1.807) is 38.1 Å². The molecule has 178 valence electrons. The van der Waals surface area contributed by atoms with Gasteiger partial charge in [-0.3, -0.25) is 14.4 Å². The fraction of sp³-hybridized carbons (Fsp3) is 0.348. The van der Waals surface area contributed by atoms with Gasteiger partial charge in [0.05, 0.1) is 4.90 Å². The lowest BCUT2D eigenvalue weighted by atomic mass is 10.2. The van der Waals surface area contributed by atoms with Gasteiger partial charge in [-0.05, 0) is 43.3 Å². The molecule has 0 bridgehead atoms. The first kappa shape index (κ1) is 26.0. The Labute approximate surface area is 194 Å². The average Bonchev–Trinajstić information content (AvgIpc) is 2.83. The van der Waals surface area contributed by atoms with E-state index in [9.17, 15) is 22.8 Å². The number of carbonyl (C=O) groups excluding carboxylic acids is 3. The van der Waals surface area contributed by atoms with Crippen molar-refractivity contribution in [3.05, 3.63) is 60.2 Å². The number of carbonyl (C=O) groups is 3. The molecule has 0 aliphatic heterocycles. The molecule has 0 spiro atoms. The second-order valence-electron chi connectivity index (χ2n) is 6.93. The van der Waals surface area contributed by atoms with Crippen molar-refractivity contribution in [3.63, 3.8) is 0 Å². The normalized spacial score (nSPS) is 11.2. The number of rotatable bonds is 11. The molecular weight excluding hydrogens is 446 g/mol. The van der Waals surface area contributed by atoms with Crippen LogP contribution in [-0.2, 0) is 24.3 Å². The van der Waals surface area contributed by atoms with E-state index in [0.717, 1.165) is 0 Å². The zero-order chi connectivity index (χ0) is 24.4. The summed E-state index contributed by atoms with van der Waals surface area (Å²) < 4.78 is 31.3. The molecule has 1 N–H and O–H groups in total. The highest BCUT2D eigenvalue weighted by molar-refractivity contribution is 7.89. The molecule has 2 aromatic rings. The summed E-state index contributed by atoms with van der Waals surface area (Å²) in [6.45, 7) is 5.52. The van der Waals surface area contributed by atoms with Crippen LogP contribution in [0.4, 0.5) is 5.69 Å². The Balaban J connectivity index is 1.87. The monoisotopic (exact) mass is 475 g/mol. The van der Waals surface area contributed by atoms with Gasteiger partial charge < -0.3 is 15.0 Å². The highest BCUT2D eigenvalue weighted by atomic mass is 32.2. The fourth-order valence-electron chi connectivity index (χ4n) is 3.13. The van der Waals surface area contributed by atoms with Crippen molar-refractivity contribution in [1.82, 2.24) is 9.62 Å². The molecule has 0 radical (unpaired) electrons. The molecular formula is C23H29N3O6S. The quantitative estimate of drug-likeness (QED) is 0.498. The average molecular weight is 476 g/mol. The second-order valence-corrected chi connectivity index (χ2v) is 8.87. The highest BCUT2D eigenvalue weighted by Gasteiger charge is 2.22. The predicted molar refractivity (Wildman–Crippen MR) is 124 cm³/mol. The van der Waals surface area contributed by atoms with Gasteiger partial charge >= 0.3 is 5.97 Å². The van der Waals surface area contributed by atoms with Crippen molar-refractivity contribution in [2.45, 2.75) is 25.7 Å². The highest BCUT2D eigenvalue weighted by Crippen LogP contribution is 2.16. The molecule has 2 amide bonds. The summed E-state index contributed by atoms with van der Waals surface area (Å²) >= 11 is 0. The van der Waals surface area contributed by atoms with E-state index >= 15 is 0 Å². The van der Waals surface area contributed by atoms with Crippen LogP contribution in [0.2, 0.25) is 0 Å². The van der Waals surface area contributed by atoms with Crippen molar-refractivity contribution < 1.29 is 27.5 Å². The number of likely N-dealkylation sites (N-methyl/N-ethyl adjacent to an activating group) is 1. The van der Waals surface area contributed by atoms with Crippen LogP contribution >= 0.6 is 0 Å². The molecule has 0 heterocycles. The molecule has 0 saturated heterocycles. The fourth-order valence-corrected chi connectivity index (χ4v) is 4.59. The summed E-state index contributed by atoms with van der Waals surface area (Å²) in [5.74, 6) is -1.71. The Bertz CT molecular complexity index is 1050. The molecule has 2 aromatic carbocycles. The summed E-state index contributed by atoms with van der Waals surface area (Å²) in [4.78, 5) is 38.2. The third kappa shape index (κ3) is 6.87. The molecule has 0 unspecified atom stereocenters. The molecule has 0 aliphatic rings. The van der Waals surface area contributed by atoms with Crippen LogP contribution in [0, 0.1) is 0 Å². The smallest absolute Gasteiger partial charge is 0.325 e. The maximum absolute atomic E-state index is 12.5. The van der Waals surface area contributed by atoms with Crippen molar-refractivity contribution in [2.75, 3.05) is 37.7 Å². The number of ether oxygens (including phenoxy) is 1. The van der Waals surface area contributed by atoms with Gasteiger partial charge in [0, 0.05) is 30.9 Å². The van der Waals surface area contributed by atoms with Gasteiger partial charge in [0.2, 0.25) is 10.0 Å². The van der Waals surface area contributed by atoms with Crippen LogP contribution in [0.15, 0.2) is 59.5 Å². The molecule has 9 nitrogen and oxygen atoms in total. The lowest BCUT2D eigenvalue weighted by Crippen LogP contribution is -2.36. The Kier molecular flexibility index (Phi) is 9.56. The van der Waals surface area contributed by atoms with E-state index in [4.69, 9.17) is 4.74 Å². The minimum absolute atomic E-state index is 0.0829. The third-order valence-corrected chi connectivity index (χ3v) is 6.96. The van der Waals surface area contributed by atoms with Crippen molar-refractivity contribution in [3.8, 4) is 0 Å². The Hall–Kier alpha value is -3.24. The maximum Gasteiger partial charge on any atom is 0.325 e. The molecule has 0 aromatic heterocycles. The Morgan fingerprint density at radius 1 is 0.879 bits per heavy atom. The van der Waals surface area contributed by atoms with Gasteiger partial charge in [0.15, 0.2) is 6.61 Å². The Morgan fingerprint density at radius 2 is 1.48 bits per heavy atom. The third-order valence-electron chi connectivity index (χ3n) is 4.89. The van der Waals surface area contributed by atoms with Gasteiger partial charge in [-0.25, -0.2) is 8.42 Å². The van der Waals surface area contributed by atoms with E-state index in [-0.39, 0.29) is 16.4 Å². The lowest BCUT2D eigenvalue weighted by molar-refractivity contribution is -0.146. The zero-order valence-electron chi connectivity index (χ0n) is 19.0. The first-order valence-electron chi connectivity index (χ1n) is 10.6. The summed E-state index contributed by atoms with van der Waals surface area (Å²) in [6, 6.07) is 14.5. The molecule has 33 heavy (non-hydrogen) atoms. The largest absolute Gasteiger partial charge is 0.454 e. The van der Waals surface area contributed by atoms with E-state index in [0.29, 0.717) is 25.3 Å². The maximum atomic E-state index is 12.5. The minimum Gasteiger partial charge on any atom is -0.454 e. The summed E-state index contributed by atoms with van der Waals surface area (Å²) in [5, 5.41) is 2.40. The van der Waals surface area contributed by atoms with Gasteiger partial charge in [-0.15, -0.1) is 0 Å². The molecule has 10 heteroatoms. The number of sulfonamides is 1.